The van der Waals surface area contributed by atoms with E-state index >= 15 is 0 Å². The molecule has 2 amide bonds. The van der Waals surface area contributed by atoms with Crippen molar-refractivity contribution in [2.24, 2.45) is 0 Å². The number of nitrogens with one attached hydrogen (secondary N) is 2. The number of carbonyl (C=O) groups is 1. The second kappa shape index (κ2) is 6.92. The summed E-state index contributed by atoms with van der Waals surface area (Å²) in [4.78, 5) is 27.1. The SMILES string of the molecule is Cc1cccc2[nH]c([C@@H]3CCCN3C(=O)NCc3nc(C(C)(C)C)no3)nc12. The normalized spacial score (nSPS) is 17.4. The van der Waals surface area contributed by atoms with Crippen molar-refractivity contribution >= 4 is 17.1 Å². The fraction of sp³-hybridized carbons (Fsp3) is 0.500. The lowest BCUT2D eigenvalue weighted by Gasteiger charge is -2.23. The molecule has 0 aliphatic carbocycles. The first kappa shape index (κ1) is 18.5. The van der Waals surface area contributed by atoms with Crippen LogP contribution in [-0.2, 0) is 12.0 Å². The van der Waals surface area contributed by atoms with Gasteiger partial charge in [-0.1, -0.05) is 38.1 Å². The average molecular weight is 382 g/mol. The van der Waals surface area contributed by atoms with Crippen LogP contribution in [-0.4, -0.2) is 37.6 Å². The molecular formula is C20H26N6O2. The molecule has 1 saturated heterocycles. The molecule has 1 aliphatic rings. The molecule has 0 spiro atoms. The molecule has 1 fully saturated rings. The molecular weight excluding hydrogens is 356 g/mol. The van der Waals surface area contributed by atoms with Crippen molar-refractivity contribution in [2.75, 3.05) is 6.54 Å². The van der Waals surface area contributed by atoms with Gasteiger partial charge in [0.15, 0.2) is 5.82 Å². The van der Waals surface area contributed by atoms with Crippen LogP contribution in [0.3, 0.4) is 0 Å². The zero-order valence-electron chi connectivity index (χ0n) is 16.7. The maximum absolute atomic E-state index is 12.8. The third kappa shape index (κ3) is 3.46. The number of urea groups is 1. The van der Waals surface area contributed by atoms with E-state index < -0.39 is 0 Å². The molecule has 3 heterocycles. The van der Waals surface area contributed by atoms with Gasteiger partial charge in [-0.05, 0) is 31.4 Å². The molecule has 148 valence electrons. The summed E-state index contributed by atoms with van der Waals surface area (Å²) in [6, 6.07) is 5.87. The maximum atomic E-state index is 12.8. The quantitative estimate of drug-likeness (QED) is 0.721. The summed E-state index contributed by atoms with van der Waals surface area (Å²) in [5.74, 6) is 1.88. The Balaban J connectivity index is 1.46. The molecule has 1 aliphatic heterocycles. The number of likely N-dealkylation sites (tertiary alicyclic amines) is 1. The standard InChI is InChI=1S/C20H26N6O2/c1-12-7-5-8-13-16(12)24-17(22-13)14-9-6-10-26(14)19(27)21-11-15-23-18(25-28-15)20(2,3)4/h5,7-8,14H,6,9-11H2,1-4H3,(H,21,27)(H,22,24)/t14-/m0/s1. The van der Waals surface area contributed by atoms with E-state index in [1.807, 2.05) is 50.8 Å². The summed E-state index contributed by atoms with van der Waals surface area (Å²) in [6.07, 6.45) is 1.84. The smallest absolute Gasteiger partial charge is 0.318 e. The number of aromatic nitrogens is 4. The maximum Gasteiger partial charge on any atom is 0.318 e. The van der Waals surface area contributed by atoms with Crippen molar-refractivity contribution < 1.29 is 9.32 Å². The average Bonchev–Trinajstić information content (AvgIpc) is 3.36. The number of hydrogen-bond acceptors (Lipinski definition) is 5. The van der Waals surface area contributed by atoms with Gasteiger partial charge in [-0.15, -0.1) is 0 Å². The molecule has 0 unspecified atom stereocenters. The fourth-order valence-electron chi connectivity index (χ4n) is 3.53. The van der Waals surface area contributed by atoms with Crippen LogP contribution in [0.4, 0.5) is 4.79 Å². The molecule has 1 aromatic carbocycles. The monoisotopic (exact) mass is 382 g/mol. The van der Waals surface area contributed by atoms with Gasteiger partial charge in [0, 0.05) is 12.0 Å². The summed E-state index contributed by atoms with van der Waals surface area (Å²) in [6.45, 7) is 9.01. The van der Waals surface area contributed by atoms with Gasteiger partial charge in [-0.2, -0.15) is 4.98 Å². The van der Waals surface area contributed by atoms with Gasteiger partial charge >= 0.3 is 6.03 Å². The highest BCUT2D eigenvalue weighted by Crippen LogP contribution is 2.32. The van der Waals surface area contributed by atoms with Crippen LogP contribution < -0.4 is 5.32 Å². The minimum Gasteiger partial charge on any atom is -0.340 e. The number of H-pyrrole nitrogens is 1. The second-order valence-corrected chi connectivity index (χ2v) is 8.36. The first-order valence-electron chi connectivity index (χ1n) is 9.65. The van der Waals surface area contributed by atoms with Crippen LogP contribution in [0.15, 0.2) is 22.7 Å². The summed E-state index contributed by atoms with van der Waals surface area (Å²) in [5.41, 5.74) is 2.90. The minimum atomic E-state index is -0.189. The topological polar surface area (TPSA) is 99.9 Å². The molecule has 0 bridgehead atoms. The largest absolute Gasteiger partial charge is 0.340 e. The van der Waals surface area contributed by atoms with Gasteiger partial charge in [0.2, 0.25) is 5.89 Å². The number of amides is 2. The van der Waals surface area contributed by atoms with E-state index in [9.17, 15) is 4.79 Å². The number of rotatable bonds is 3. The molecule has 0 saturated carbocycles. The first-order chi connectivity index (χ1) is 13.3. The van der Waals surface area contributed by atoms with Gasteiger partial charge < -0.3 is 19.7 Å². The Bertz CT molecular complexity index is 1000. The lowest BCUT2D eigenvalue weighted by atomic mass is 9.96. The number of imidazole rings is 1. The van der Waals surface area contributed by atoms with Crippen molar-refractivity contribution in [1.82, 2.24) is 30.3 Å². The van der Waals surface area contributed by atoms with E-state index in [4.69, 9.17) is 9.51 Å². The summed E-state index contributed by atoms with van der Waals surface area (Å²) < 4.78 is 5.26. The van der Waals surface area contributed by atoms with Crippen LogP contribution in [0.2, 0.25) is 0 Å². The summed E-state index contributed by atoms with van der Waals surface area (Å²) >= 11 is 0. The zero-order chi connectivity index (χ0) is 19.9. The molecule has 8 nitrogen and oxygen atoms in total. The van der Waals surface area contributed by atoms with Crippen LogP contribution in [0.1, 0.15) is 62.8 Å². The Labute approximate surface area is 163 Å². The number of nitrogens with zero attached hydrogens (tertiary/aromatic N) is 4. The molecule has 28 heavy (non-hydrogen) atoms. The van der Waals surface area contributed by atoms with Crippen LogP contribution in [0.25, 0.3) is 11.0 Å². The molecule has 3 aromatic rings. The van der Waals surface area contributed by atoms with Crippen molar-refractivity contribution in [3.05, 3.63) is 41.3 Å². The van der Waals surface area contributed by atoms with Gasteiger partial charge in [0.1, 0.15) is 5.82 Å². The molecule has 2 aromatic heterocycles. The van der Waals surface area contributed by atoms with Gasteiger partial charge in [0.25, 0.3) is 0 Å². The highest BCUT2D eigenvalue weighted by Gasteiger charge is 2.32. The Morgan fingerprint density at radius 3 is 2.89 bits per heavy atom. The Morgan fingerprint density at radius 1 is 1.36 bits per heavy atom. The predicted octanol–water partition coefficient (Wildman–Crippen LogP) is 3.60. The number of para-hydroxylation sites is 1. The molecule has 0 radical (unpaired) electrons. The number of hydrogen-bond donors (Lipinski definition) is 2. The zero-order valence-corrected chi connectivity index (χ0v) is 16.7. The number of aryl methyl sites for hydroxylation is 1. The van der Waals surface area contributed by atoms with Crippen LogP contribution in [0, 0.1) is 6.92 Å². The third-order valence-corrected chi connectivity index (χ3v) is 5.09. The highest BCUT2D eigenvalue weighted by molar-refractivity contribution is 5.79. The van der Waals surface area contributed by atoms with Crippen molar-refractivity contribution in [3.63, 3.8) is 0 Å². The number of benzene rings is 1. The summed E-state index contributed by atoms with van der Waals surface area (Å²) in [5, 5.41) is 6.89. The van der Waals surface area contributed by atoms with E-state index in [0.29, 0.717) is 18.3 Å². The van der Waals surface area contributed by atoms with Gasteiger partial charge in [0.05, 0.1) is 23.6 Å². The van der Waals surface area contributed by atoms with Crippen LogP contribution >= 0.6 is 0 Å². The highest BCUT2D eigenvalue weighted by atomic mass is 16.5. The first-order valence-corrected chi connectivity index (χ1v) is 9.65. The lowest BCUT2D eigenvalue weighted by Crippen LogP contribution is -2.39. The van der Waals surface area contributed by atoms with E-state index in [1.165, 1.54) is 0 Å². The lowest BCUT2D eigenvalue weighted by molar-refractivity contribution is 0.189. The molecule has 2 N–H and O–H groups in total. The van der Waals surface area contributed by atoms with Crippen molar-refractivity contribution in [1.29, 1.82) is 0 Å². The second-order valence-electron chi connectivity index (χ2n) is 8.36. The third-order valence-electron chi connectivity index (χ3n) is 5.09. The molecule has 1 atom stereocenters. The number of fused-ring (bicyclic) bond motifs is 1. The minimum absolute atomic E-state index is 0.0559. The Morgan fingerprint density at radius 2 is 2.18 bits per heavy atom. The van der Waals surface area contributed by atoms with E-state index in [2.05, 4.69) is 20.4 Å². The number of aromatic amines is 1. The van der Waals surface area contributed by atoms with Crippen molar-refractivity contribution in [2.45, 2.75) is 58.5 Å². The fourth-order valence-corrected chi connectivity index (χ4v) is 3.53. The Kier molecular flexibility index (Phi) is 4.56. The van der Waals surface area contributed by atoms with Gasteiger partial charge in [-0.3, -0.25) is 0 Å². The Hall–Kier alpha value is -2.90. The van der Waals surface area contributed by atoms with E-state index in [-0.39, 0.29) is 24.0 Å². The van der Waals surface area contributed by atoms with Crippen LogP contribution in [0.5, 0.6) is 0 Å². The molecule has 4 rings (SSSR count). The predicted molar refractivity (Wildman–Crippen MR) is 105 cm³/mol. The van der Waals surface area contributed by atoms with E-state index in [1.54, 1.807) is 0 Å². The summed E-state index contributed by atoms with van der Waals surface area (Å²) in [7, 11) is 0. The van der Waals surface area contributed by atoms with Gasteiger partial charge in [-0.25, -0.2) is 9.78 Å². The van der Waals surface area contributed by atoms with E-state index in [0.717, 1.165) is 35.3 Å². The number of carbonyl (C=O) groups excluding carboxylic acids is 1. The molecule has 8 heteroatoms. The van der Waals surface area contributed by atoms with Crippen molar-refractivity contribution in [3.8, 4) is 0 Å².